The van der Waals surface area contributed by atoms with Crippen molar-refractivity contribution in [3.8, 4) is 17.1 Å². The van der Waals surface area contributed by atoms with Crippen LogP contribution in [0.15, 0.2) is 58.7 Å². The minimum atomic E-state index is -1.34. The molecule has 180 valence electrons. The van der Waals surface area contributed by atoms with Gasteiger partial charge in [0.15, 0.2) is 10.8 Å². The lowest BCUT2D eigenvalue weighted by Crippen LogP contribution is -2.33. The molecule has 0 fully saturated rings. The number of nitrogens with zero attached hydrogens (tertiary/aromatic N) is 2. The minimum absolute atomic E-state index is 0.0219. The molecule has 1 amide bonds. The summed E-state index contributed by atoms with van der Waals surface area (Å²) in [5.74, 6) is -4.27. The van der Waals surface area contributed by atoms with Crippen molar-refractivity contribution in [2.75, 3.05) is 12.4 Å². The zero-order valence-electron chi connectivity index (χ0n) is 18.1. The largest absolute Gasteiger partial charge is 0.493 e. The van der Waals surface area contributed by atoms with Crippen LogP contribution in [0.3, 0.4) is 0 Å². The van der Waals surface area contributed by atoms with E-state index in [0.29, 0.717) is 5.56 Å². The van der Waals surface area contributed by atoms with E-state index < -0.39 is 52.4 Å². The predicted molar refractivity (Wildman–Crippen MR) is 123 cm³/mol. The lowest BCUT2D eigenvalue weighted by Gasteiger charge is -2.18. The Morgan fingerprint density at radius 2 is 1.86 bits per heavy atom. The first-order valence-corrected chi connectivity index (χ1v) is 11.0. The summed E-state index contributed by atoms with van der Waals surface area (Å²) in [6.07, 6.45) is -0.0492. The molecule has 0 aliphatic carbocycles. The Balaban J connectivity index is 1.75. The van der Waals surface area contributed by atoms with E-state index in [-0.39, 0.29) is 17.2 Å². The fourth-order valence-corrected chi connectivity index (χ4v) is 4.18. The Bertz CT molecular complexity index is 1430. The number of amides is 1. The second kappa shape index (κ2) is 9.89. The van der Waals surface area contributed by atoms with Crippen molar-refractivity contribution in [3.05, 3.63) is 87.3 Å². The molecular formula is C23H18F2N4O5S. The molecule has 0 bridgehead atoms. The molecule has 0 aliphatic rings. The third-order valence-corrected chi connectivity index (χ3v) is 5.89. The molecule has 2 aromatic carbocycles. The first-order chi connectivity index (χ1) is 16.8. The second-order valence-electron chi connectivity index (χ2n) is 7.32. The first-order valence-electron chi connectivity index (χ1n) is 10.2. The molecule has 0 saturated heterocycles. The monoisotopic (exact) mass is 500 g/mol. The van der Waals surface area contributed by atoms with E-state index in [1.807, 2.05) is 0 Å². The number of rotatable bonds is 7. The minimum Gasteiger partial charge on any atom is -0.493 e. The highest BCUT2D eigenvalue weighted by atomic mass is 32.1. The lowest BCUT2D eigenvalue weighted by atomic mass is 10.0. The van der Waals surface area contributed by atoms with Crippen LogP contribution in [0.1, 0.15) is 22.1 Å². The quantitative estimate of drug-likeness (QED) is 0.334. The van der Waals surface area contributed by atoms with E-state index in [2.05, 4.69) is 20.0 Å². The molecule has 0 aliphatic heterocycles. The van der Waals surface area contributed by atoms with Crippen LogP contribution in [-0.2, 0) is 16.0 Å². The Kier molecular flexibility index (Phi) is 6.73. The van der Waals surface area contributed by atoms with E-state index >= 15 is 0 Å². The lowest BCUT2D eigenvalue weighted by molar-refractivity contribution is -0.119. The zero-order chi connectivity index (χ0) is 25.1. The predicted octanol–water partition coefficient (Wildman–Crippen LogP) is 3.49. The maximum absolute atomic E-state index is 14.3. The van der Waals surface area contributed by atoms with Gasteiger partial charge in [-0.1, -0.05) is 36.4 Å². The van der Waals surface area contributed by atoms with Crippen LogP contribution in [0.2, 0.25) is 0 Å². The molecule has 2 aromatic heterocycles. The Labute approximate surface area is 200 Å². The van der Waals surface area contributed by atoms with Gasteiger partial charge in [-0.25, -0.2) is 27.9 Å². The fourth-order valence-electron chi connectivity index (χ4n) is 3.50. The number of aromatic hydroxyl groups is 1. The van der Waals surface area contributed by atoms with Gasteiger partial charge >= 0.3 is 11.7 Å². The molecule has 35 heavy (non-hydrogen) atoms. The van der Waals surface area contributed by atoms with E-state index in [1.54, 1.807) is 30.3 Å². The van der Waals surface area contributed by atoms with E-state index in [4.69, 9.17) is 0 Å². The van der Waals surface area contributed by atoms with E-state index in [0.717, 1.165) is 34.1 Å². The van der Waals surface area contributed by atoms with Crippen molar-refractivity contribution in [1.29, 1.82) is 0 Å². The van der Waals surface area contributed by atoms with Crippen LogP contribution in [0.25, 0.3) is 11.3 Å². The highest BCUT2D eigenvalue weighted by Gasteiger charge is 2.30. The number of anilines is 1. The molecule has 9 nitrogen and oxygen atoms in total. The number of H-pyrrole nitrogens is 1. The molecular weight excluding hydrogens is 482 g/mol. The van der Waals surface area contributed by atoms with E-state index in [1.165, 1.54) is 12.5 Å². The Morgan fingerprint density at radius 3 is 2.51 bits per heavy atom. The Hall–Kier alpha value is -4.32. The maximum atomic E-state index is 14.3. The highest BCUT2D eigenvalue weighted by Crippen LogP contribution is 2.33. The van der Waals surface area contributed by atoms with Crippen molar-refractivity contribution in [1.82, 2.24) is 14.5 Å². The van der Waals surface area contributed by atoms with Crippen LogP contribution < -0.4 is 11.0 Å². The summed E-state index contributed by atoms with van der Waals surface area (Å²) in [5, 5.41) is 14.8. The van der Waals surface area contributed by atoms with Gasteiger partial charge in [-0.15, -0.1) is 11.3 Å². The smallest absolute Gasteiger partial charge is 0.357 e. The number of benzene rings is 2. The van der Waals surface area contributed by atoms with Gasteiger partial charge in [0.2, 0.25) is 11.8 Å². The second-order valence-corrected chi connectivity index (χ2v) is 8.18. The number of methoxy groups -OCH3 is 1. The van der Waals surface area contributed by atoms with Gasteiger partial charge in [0, 0.05) is 11.8 Å². The summed E-state index contributed by atoms with van der Waals surface area (Å²) >= 11 is 0.954. The number of esters is 1. The van der Waals surface area contributed by atoms with Gasteiger partial charge in [0.25, 0.3) is 0 Å². The van der Waals surface area contributed by atoms with Crippen molar-refractivity contribution < 1.29 is 28.2 Å². The molecule has 0 spiro atoms. The number of thiazole rings is 1. The number of imidazole rings is 1. The molecule has 0 unspecified atom stereocenters. The van der Waals surface area contributed by atoms with Crippen molar-refractivity contribution in [3.63, 3.8) is 0 Å². The van der Waals surface area contributed by atoms with Gasteiger partial charge in [-0.3, -0.25) is 4.79 Å². The fraction of sp³-hybridized carbons (Fsp3) is 0.130. The van der Waals surface area contributed by atoms with Gasteiger partial charge < -0.3 is 20.1 Å². The summed E-state index contributed by atoms with van der Waals surface area (Å²) in [6.45, 7) is 0. The Morgan fingerprint density at radius 1 is 1.17 bits per heavy atom. The molecule has 1 atom stereocenters. The van der Waals surface area contributed by atoms with Gasteiger partial charge in [-0.05, 0) is 17.7 Å². The number of ether oxygens (including phenoxy) is 1. The number of hydrogen-bond acceptors (Lipinski definition) is 7. The third kappa shape index (κ3) is 4.82. The number of aromatic amines is 1. The van der Waals surface area contributed by atoms with Crippen LogP contribution >= 0.6 is 11.3 Å². The molecule has 2 heterocycles. The van der Waals surface area contributed by atoms with E-state index in [9.17, 15) is 28.3 Å². The van der Waals surface area contributed by atoms with Gasteiger partial charge in [-0.2, -0.15) is 0 Å². The summed E-state index contributed by atoms with van der Waals surface area (Å²) in [7, 11) is 1.19. The summed E-state index contributed by atoms with van der Waals surface area (Å²) in [4.78, 5) is 44.0. The number of carbonyl (C=O) groups is 2. The van der Waals surface area contributed by atoms with Crippen LogP contribution in [0.5, 0.6) is 5.88 Å². The normalized spacial score (nSPS) is 11.7. The molecule has 12 heteroatoms. The van der Waals surface area contributed by atoms with Gasteiger partial charge in [0.05, 0.1) is 12.7 Å². The van der Waals surface area contributed by atoms with Crippen molar-refractivity contribution in [2.45, 2.75) is 12.5 Å². The number of nitrogens with one attached hydrogen (secondary N) is 2. The topological polar surface area (TPSA) is 126 Å². The van der Waals surface area contributed by atoms with Crippen LogP contribution in [0.4, 0.5) is 13.9 Å². The maximum Gasteiger partial charge on any atom is 0.357 e. The molecule has 4 aromatic rings. The summed E-state index contributed by atoms with van der Waals surface area (Å²) < 4.78 is 34.0. The zero-order valence-corrected chi connectivity index (χ0v) is 18.9. The number of carbonyl (C=O) groups excluding carboxylic acids is 2. The average molecular weight is 500 g/mol. The summed E-state index contributed by atoms with van der Waals surface area (Å²) in [6, 6.07) is 10.4. The molecule has 0 radical (unpaired) electrons. The molecule has 0 saturated carbocycles. The SMILES string of the molecule is COC(=O)c1csc(NC(=O)[C@H](Cc2ccccc2)n2c(O)c(-c3c(F)cccc3F)[nH]c2=O)n1. The first kappa shape index (κ1) is 23.8. The van der Waals surface area contributed by atoms with Crippen molar-refractivity contribution in [2.24, 2.45) is 0 Å². The highest BCUT2D eigenvalue weighted by molar-refractivity contribution is 7.14. The average Bonchev–Trinajstić information content (AvgIpc) is 3.42. The molecule has 3 N–H and O–H groups in total. The molecule has 4 rings (SSSR count). The number of hydrogen-bond donors (Lipinski definition) is 3. The summed E-state index contributed by atoms with van der Waals surface area (Å²) in [5.41, 5.74) is -1.47. The standard InChI is InChI=1S/C23H18F2N4O5S/c1-34-21(32)15-11-35-22(26-15)28-19(30)16(10-12-6-3-2-4-7-12)29-20(31)18(27-23(29)33)17-13(24)8-5-9-14(17)25/h2-9,11,16,31H,10H2,1H3,(H,27,33)(H,26,28,30)/t16-/m0/s1. The van der Waals surface area contributed by atoms with Gasteiger partial charge in [0.1, 0.15) is 23.4 Å². The number of aromatic nitrogens is 3. The number of halogens is 2. The van der Waals surface area contributed by atoms with Crippen LogP contribution in [0, 0.1) is 11.6 Å². The van der Waals surface area contributed by atoms with Crippen molar-refractivity contribution >= 4 is 28.3 Å². The van der Waals surface area contributed by atoms with Crippen LogP contribution in [-0.4, -0.2) is 38.6 Å². The third-order valence-electron chi connectivity index (χ3n) is 5.13.